The van der Waals surface area contributed by atoms with Crippen LogP contribution in [0, 0.1) is 10.1 Å². The van der Waals surface area contributed by atoms with Gasteiger partial charge < -0.3 is 0 Å². The van der Waals surface area contributed by atoms with Crippen molar-refractivity contribution >= 4 is 23.4 Å². The topological polar surface area (TPSA) is 101 Å². The number of carbonyl (C=O) groups is 3. The van der Waals surface area contributed by atoms with Crippen molar-refractivity contribution in [2.24, 2.45) is 0 Å². The summed E-state index contributed by atoms with van der Waals surface area (Å²) in [4.78, 5) is 47.6. The van der Waals surface area contributed by atoms with Gasteiger partial charge >= 0.3 is 0 Å². The zero-order valence-corrected chi connectivity index (χ0v) is 13.7. The highest BCUT2D eigenvalue weighted by Crippen LogP contribution is 2.22. The van der Waals surface area contributed by atoms with Gasteiger partial charge in [-0.15, -0.1) is 0 Å². The van der Waals surface area contributed by atoms with E-state index in [1.54, 1.807) is 24.3 Å². The first-order chi connectivity index (χ1) is 12.5. The predicted molar refractivity (Wildman–Crippen MR) is 90.5 cm³/mol. The van der Waals surface area contributed by atoms with Gasteiger partial charge in [0.1, 0.15) is 0 Å². The molecule has 0 spiro atoms. The normalized spacial score (nSPS) is 13.8. The largest absolute Gasteiger partial charge is 0.273 e. The number of amides is 3. The summed E-state index contributed by atoms with van der Waals surface area (Å²) < 4.78 is 0. The molecule has 2 aromatic carbocycles. The van der Waals surface area contributed by atoms with Gasteiger partial charge in [-0.25, -0.2) is 5.01 Å². The molecule has 1 saturated heterocycles. The molecular weight excluding hydrogens is 338 g/mol. The van der Waals surface area contributed by atoms with Crippen molar-refractivity contribution in [3.05, 3.63) is 75.8 Å². The van der Waals surface area contributed by atoms with Crippen LogP contribution in [0.3, 0.4) is 0 Å². The van der Waals surface area contributed by atoms with Crippen LogP contribution in [-0.4, -0.2) is 32.7 Å². The Morgan fingerprint density at radius 2 is 1.69 bits per heavy atom. The third-order valence-corrected chi connectivity index (χ3v) is 3.98. The van der Waals surface area contributed by atoms with Crippen LogP contribution in [0.5, 0.6) is 0 Å². The third-order valence-electron chi connectivity index (χ3n) is 3.98. The van der Waals surface area contributed by atoms with Gasteiger partial charge in [-0.1, -0.05) is 36.4 Å². The molecule has 1 heterocycles. The molecule has 0 N–H and O–H groups in total. The van der Waals surface area contributed by atoms with Crippen LogP contribution in [0.25, 0.3) is 0 Å². The quantitative estimate of drug-likeness (QED) is 0.466. The fourth-order valence-corrected chi connectivity index (χ4v) is 2.73. The number of carbonyl (C=O) groups excluding carboxylic acids is 3. The fraction of sp³-hybridized carbons (Fsp3) is 0.167. The number of non-ortho nitro benzene ring substituents is 1. The highest BCUT2D eigenvalue weighted by molar-refractivity contribution is 6.05. The first-order valence-corrected chi connectivity index (χ1v) is 7.93. The monoisotopic (exact) mass is 353 g/mol. The smallest absolute Gasteiger partial charge is 0.273 e. The summed E-state index contributed by atoms with van der Waals surface area (Å²) in [6, 6.07) is 14.1. The summed E-state index contributed by atoms with van der Waals surface area (Å²) in [5, 5.41) is 12.8. The Balaban J connectivity index is 1.98. The molecule has 26 heavy (non-hydrogen) atoms. The molecule has 3 rings (SSSR count). The minimum Gasteiger partial charge on any atom is -0.273 e. The van der Waals surface area contributed by atoms with E-state index >= 15 is 0 Å². The summed E-state index contributed by atoms with van der Waals surface area (Å²) in [5.41, 5.74) is 0.510. The Labute approximate surface area is 148 Å². The van der Waals surface area contributed by atoms with Crippen LogP contribution in [0.4, 0.5) is 5.69 Å². The lowest BCUT2D eigenvalue weighted by atomic mass is 10.1. The molecule has 0 saturated carbocycles. The van der Waals surface area contributed by atoms with Crippen molar-refractivity contribution in [1.29, 1.82) is 0 Å². The average Bonchev–Trinajstić information content (AvgIpc) is 2.98. The van der Waals surface area contributed by atoms with Gasteiger partial charge in [0.05, 0.1) is 11.5 Å². The zero-order chi connectivity index (χ0) is 18.7. The Bertz CT molecular complexity index is 865. The molecule has 0 unspecified atom stereocenters. The molecular formula is C18H15N3O5. The van der Waals surface area contributed by atoms with Crippen molar-refractivity contribution in [3.8, 4) is 0 Å². The number of benzene rings is 2. The summed E-state index contributed by atoms with van der Waals surface area (Å²) in [7, 11) is 0. The van der Waals surface area contributed by atoms with E-state index in [-0.39, 0.29) is 30.6 Å². The second-order valence-corrected chi connectivity index (χ2v) is 5.76. The van der Waals surface area contributed by atoms with Crippen LogP contribution in [-0.2, 0) is 16.1 Å². The van der Waals surface area contributed by atoms with Gasteiger partial charge in [0.15, 0.2) is 0 Å². The van der Waals surface area contributed by atoms with Crippen molar-refractivity contribution in [3.63, 3.8) is 0 Å². The minimum atomic E-state index is -0.652. The minimum absolute atomic E-state index is 0.000154. The molecule has 0 atom stereocenters. The number of hydrogen-bond acceptors (Lipinski definition) is 5. The molecule has 8 heteroatoms. The van der Waals surface area contributed by atoms with Gasteiger partial charge in [0.2, 0.25) is 11.8 Å². The summed E-state index contributed by atoms with van der Waals surface area (Å²) in [6.45, 7) is -0.000154. The standard InChI is InChI=1S/C18H15N3O5/c22-16-9-10-17(23)20(16)19(12-13-5-2-1-3-6-13)18(24)14-7-4-8-15(11-14)21(25)26/h1-8,11H,9-10,12H2. The molecule has 0 aromatic heterocycles. The van der Waals surface area contributed by atoms with Gasteiger partial charge in [-0.2, -0.15) is 5.01 Å². The third kappa shape index (κ3) is 3.44. The molecule has 2 aromatic rings. The molecule has 1 fully saturated rings. The Hall–Kier alpha value is -3.55. The fourth-order valence-electron chi connectivity index (χ4n) is 2.73. The van der Waals surface area contributed by atoms with E-state index in [4.69, 9.17) is 0 Å². The Morgan fingerprint density at radius 1 is 1.04 bits per heavy atom. The molecule has 8 nitrogen and oxygen atoms in total. The molecule has 1 aliphatic heterocycles. The van der Waals surface area contributed by atoms with Crippen LogP contribution in [0.15, 0.2) is 54.6 Å². The number of hydrogen-bond donors (Lipinski definition) is 0. The predicted octanol–water partition coefficient (Wildman–Crippen LogP) is 2.30. The molecule has 132 valence electrons. The van der Waals surface area contributed by atoms with Crippen molar-refractivity contribution in [2.75, 3.05) is 0 Å². The van der Waals surface area contributed by atoms with Gasteiger partial charge in [-0.3, -0.25) is 24.5 Å². The van der Waals surface area contributed by atoms with E-state index in [2.05, 4.69) is 0 Å². The van der Waals surface area contributed by atoms with Crippen molar-refractivity contribution in [2.45, 2.75) is 19.4 Å². The van der Waals surface area contributed by atoms with E-state index in [0.29, 0.717) is 0 Å². The maximum atomic E-state index is 13.0. The second-order valence-electron chi connectivity index (χ2n) is 5.76. The van der Waals surface area contributed by atoms with E-state index in [0.717, 1.165) is 21.6 Å². The zero-order valence-electron chi connectivity index (χ0n) is 13.7. The van der Waals surface area contributed by atoms with E-state index in [9.17, 15) is 24.5 Å². The summed E-state index contributed by atoms with van der Waals surface area (Å²) in [5.74, 6) is -1.59. The van der Waals surface area contributed by atoms with Crippen LogP contribution < -0.4 is 0 Å². The van der Waals surface area contributed by atoms with Gasteiger partial charge in [0.25, 0.3) is 11.6 Å². The maximum Gasteiger partial charge on any atom is 0.273 e. The average molecular weight is 353 g/mol. The number of hydrazine groups is 1. The Kier molecular flexibility index (Phi) is 4.74. The maximum absolute atomic E-state index is 13.0. The lowest BCUT2D eigenvalue weighted by Gasteiger charge is -2.30. The van der Waals surface area contributed by atoms with Gasteiger partial charge in [0, 0.05) is 30.5 Å². The number of imide groups is 1. The lowest BCUT2D eigenvalue weighted by molar-refractivity contribution is -0.384. The van der Waals surface area contributed by atoms with Gasteiger partial charge in [-0.05, 0) is 11.6 Å². The molecule has 0 bridgehead atoms. The van der Waals surface area contributed by atoms with Crippen LogP contribution in [0.2, 0.25) is 0 Å². The molecule has 3 amide bonds. The first kappa shape index (κ1) is 17.3. The first-order valence-electron chi connectivity index (χ1n) is 7.93. The number of nitrogens with zero attached hydrogens (tertiary/aromatic N) is 3. The highest BCUT2D eigenvalue weighted by Gasteiger charge is 2.37. The van der Waals surface area contributed by atoms with E-state index in [1.165, 1.54) is 18.2 Å². The number of nitro benzene ring substituents is 1. The molecule has 1 aliphatic rings. The second kappa shape index (κ2) is 7.14. The molecule has 0 radical (unpaired) electrons. The lowest BCUT2D eigenvalue weighted by Crippen LogP contribution is -2.48. The number of nitro groups is 1. The number of rotatable bonds is 5. The Morgan fingerprint density at radius 3 is 2.31 bits per heavy atom. The van der Waals surface area contributed by atoms with Crippen molar-refractivity contribution < 1.29 is 19.3 Å². The molecule has 0 aliphatic carbocycles. The van der Waals surface area contributed by atoms with Crippen LogP contribution >= 0.6 is 0 Å². The van der Waals surface area contributed by atoms with Crippen molar-refractivity contribution in [1.82, 2.24) is 10.0 Å². The van der Waals surface area contributed by atoms with E-state index in [1.807, 2.05) is 6.07 Å². The van der Waals surface area contributed by atoms with E-state index < -0.39 is 22.6 Å². The SMILES string of the molecule is O=C(c1cccc([N+](=O)[O-])c1)N(Cc1ccccc1)N1C(=O)CCC1=O. The summed E-state index contributed by atoms with van der Waals surface area (Å²) >= 11 is 0. The highest BCUT2D eigenvalue weighted by atomic mass is 16.6. The summed E-state index contributed by atoms with van der Waals surface area (Å²) in [6.07, 6.45) is 0.0681. The van der Waals surface area contributed by atoms with Crippen LogP contribution in [0.1, 0.15) is 28.8 Å².